The zero-order valence-corrected chi connectivity index (χ0v) is 7.96. The Balaban J connectivity index is 4.18. The molecule has 0 aliphatic carbocycles. The van der Waals surface area contributed by atoms with Crippen LogP contribution in [-0.4, -0.2) is 22.9 Å². The highest BCUT2D eigenvalue weighted by Gasteiger charge is 2.31. The maximum atomic E-state index is 9.44. The molecule has 2 unspecified atom stereocenters. The number of aliphatic hydroxyl groups excluding tert-OH is 2. The molecule has 68 valence electrons. The van der Waals surface area contributed by atoms with E-state index in [-0.39, 0.29) is 12.0 Å². The molecule has 0 amide bonds. The molecule has 0 aliphatic rings. The van der Waals surface area contributed by atoms with Crippen molar-refractivity contribution in [2.45, 2.75) is 40.2 Å². The Hall–Kier alpha value is -0.0800. The average molecular weight is 160 g/mol. The molecule has 2 N–H and O–H groups in total. The summed E-state index contributed by atoms with van der Waals surface area (Å²) in [5, 5.41) is 18.2. The number of rotatable bonds is 4. The van der Waals surface area contributed by atoms with Crippen molar-refractivity contribution in [2.24, 2.45) is 11.3 Å². The highest BCUT2D eigenvalue weighted by Crippen LogP contribution is 2.32. The van der Waals surface area contributed by atoms with Gasteiger partial charge in [0.25, 0.3) is 0 Å². The maximum absolute atomic E-state index is 9.44. The standard InChI is InChI=1S/C9H20O2/c1-5-7(2)9(3,4)8(11)6-10/h7-8,10-11H,5-6H2,1-4H3. The highest BCUT2D eigenvalue weighted by molar-refractivity contribution is 4.81. The lowest BCUT2D eigenvalue weighted by atomic mass is 9.74. The van der Waals surface area contributed by atoms with Gasteiger partial charge in [-0.25, -0.2) is 0 Å². The SMILES string of the molecule is CCC(C)C(C)(C)C(O)CO. The normalized spacial score (nSPS) is 18.0. The number of hydrogen-bond acceptors (Lipinski definition) is 2. The van der Waals surface area contributed by atoms with Crippen LogP contribution in [0.2, 0.25) is 0 Å². The van der Waals surface area contributed by atoms with Crippen molar-refractivity contribution in [2.75, 3.05) is 6.61 Å². The largest absolute Gasteiger partial charge is 0.394 e. The summed E-state index contributed by atoms with van der Waals surface area (Å²) < 4.78 is 0. The van der Waals surface area contributed by atoms with Gasteiger partial charge in [-0.3, -0.25) is 0 Å². The van der Waals surface area contributed by atoms with Gasteiger partial charge < -0.3 is 10.2 Å². The summed E-state index contributed by atoms with van der Waals surface area (Å²) in [6, 6.07) is 0. The third-order valence-corrected chi connectivity index (χ3v) is 2.91. The van der Waals surface area contributed by atoms with Gasteiger partial charge in [-0.15, -0.1) is 0 Å². The van der Waals surface area contributed by atoms with Crippen molar-refractivity contribution >= 4 is 0 Å². The summed E-state index contributed by atoms with van der Waals surface area (Å²) in [6.07, 6.45) is 0.432. The Labute approximate surface area is 69.2 Å². The topological polar surface area (TPSA) is 40.5 Å². The van der Waals surface area contributed by atoms with Crippen molar-refractivity contribution in [1.82, 2.24) is 0 Å². The predicted molar refractivity (Wildman–Crippen MR) is 46.3 cm³/mol. The second kappa shape index (κ2) is 4.07. The van der Waals surface area contributed by atoms with Crippen molar-refractivity contribution < 1.29 is 10.2 Å². The Kier molecular flexibility index (Phi) is 4.04. The predicted octanol–water partition coefficient (Wildman–Crippen LogP) is 1.41. The Bertz CT molecular complexity index is 98.1. The molecule has 0 aromatic carbocycles. The summed E-state index contributed by atoms with van der Waals surface area (Å²) in [4.78, 5) is 0. The van der Waals surface area contributed by atoms with E-state index < -0.39 is 6.10 Å². The monoisotopic (exact) mass is 160 g/mol. The lowest BCUT2D eigenvalue weighted by Gasteiger charge is -2.35. The molecular formula is C9H20O2. The first-order valence-corrected chi connectivity index (χ1v) is 4.25. The van der Waals surface area contributed by atoms with Crippen molar-refractivity contribution in [3.8, 4) is 0 Å². The van der Waals surface area contributed by atoms with Gasteiger partial charge in [0.1, 0.15) is 0 Å². The minimum Gasteiger partial charge on any atom is -0.394 e. The Morgan fingerprint density at radius 1 is 1.36 bits per heavy atom. The van der Waals surface area contributed by atoms with Crippen LogP contribution in [0, 0.1) is 11.3 Å². The van der Waals surface area contributed by atoms with Crippen LogP contribution in [0.3, 0.4) is 0 Å². The molecule has 2 heteroatoms. The quantitative estimate of drug-likeness (QED) is 0.653. The third-order valence-electron chi connectivity index (χ3n) is 2.91. The van der Waals surface area contributed by atoms with Crippen LogP contribution in [-0.2, 0) is 0 Å². The molecule has 11 heavy (non-hydrogen) atoms. The average Bonchev–Trinajstić information content (AvgIpc) is 2.01. The summed E-state index contributed by atoms with van der Waals surface area (Å²) >= 11 is 0. The van der Waals surface area contributed by atoms with E-state index in [9.17, 15) is 5.11 Å². The lowest BCUT2D eigenvalue weighted by Crippen LogP contribution is -2.37. The first-order chi connectivity index (χ1) is 4.96. The molecule has 0 saturated carbocycles. The van der Waals surface area contributed by atoms with E-state index >= 15 is 0 Å². The van der Waals surface area contributed by atoms with Crippen LogP contribution in [0.25, 0.3) is 0 Å². The summed E-state index contributed by atoms with van der Waals surface area (Å²) in [5.74, 6) is 0.435. The molecule has 0 saturated heterocycles. The molecule has 2 atom stereocenters. The van der Waals surface area contributed by atoms with Gasteiger partial charge in [-0.1, -0.05) is 34.1 Å². The van der Waals surface area contributed by atoms with Gasteiger partial charge in [0, 0.05) is 0 Å². The molecule has 0 rings (SSSR count). The summed E-state index contributed by atoms with van der Waals surface area (Å²) in [5.41, 5.74) is -0.177. The van der Waals surface area contributed by atoms with Crippen LogP contribution in [0.15, 0.2) is 0 Å². The smallest absolute Gasteiger partial charge is 0.0824 e. The maximum Gasteiger partial charge on any atom is 0.0824 e. The zero-order valence-electron chi connectivity index (χ0n) is 7.96. The van der Waals surface area contributed by atoms with Crippen LogP contribution in [0.4, 0.5) is 0 Å². The molecule has 0 fully saturated rings. The molecule has 0 radical (unpaired) electrons. The van der Waals surface area contributed by atoms with Gasteiger partial charge in [-0.2, -0.15) is 0 Å². The Morgan fingerprint density at radius 2 is 1.82 bits per heavy atom. The second-order valence-corrected chi connectivity index (χ2v) is 3.83. The van der Waals surface area contributed by atoms with Gasteiger partial charge in [0.2, 0.25) is 0 Å². The molecule has 0 spiro atoms. The second-order valence-electron chi connectivity index (χ2n) is 3.83. The van der Waals surface area contributed by atoms with E-state index in [1.54, 1.807) is 0 Å². The fourth-order valence-corrected chi connectivity index (χ4v) is 1.09. The van der Waals surface area contributed by atoms with Gasteiger partial charge in [-0.05, 0) is 11.3 Å². The van der Waals surface area contributed by atoms with Gasteiger partial charge >= 0.3 is 0 Å². The van der Waals surface area contributed by atoms with Crippen molar-refractivity contribution in [3.63, 3.8) is 0 Å². The fraction of sp³-hybridized carbons (Fsp3) is 1.00. The number of aliphatic hydroxyl groups is 2. The molecule has 0 bridgehead atoms. The zero-order chi connectivity index (χ0) is 9.07. The minimum atomic E-state index is -0.600. The minimum absolute atomic E-state index is 0.142. The Morgan fingerprint density at radius 3 is 2.09 bits per heavy atom. The molecule has 0 aromatic heterocycles. The first kappa shape index (κ1) is 10.9. The van der Waals surface area contributed by atoms with Crippen LogP contribution in [0.5, 0.6) is 0 Å². The van der Waals surface area contributed by atoms with E-state index in [4.69, 9.17) is 5.11 Å². The van der Waals surface area contributed by atoms with Crippen molar-refractivity contribution in [1.29, 1.82) is 0 Å². The van der Waals surface area contributed by atoms with E-state index in [2.05, 4.69) is 13.8 Å². The van der Waals surface area contributed by atoms with Gasteiger partial charge in [0.05, 0.1) is 12.7 Å². The van der Waals surface area contributed by atoms with E-state index in [0.29, 0.717) is 5.92 Å². The van der Waals surface area contributed by atoms with E-state index in [0.717, 1.165) is 6.42 Å². The van der Waals surface area contributed by atoms with Crippen molar-refractivity contribution in [3.05, 3.63) is 0 Å². The van der Waals surface area contributed by atoms with Crippen LogP contribution >= 0.6 is 0 Å². The summed E-state index contributed by atoms with van der Waals surface area (Å²) in [7, 11) is 0. The highest BCUT2D eigenvalue weighted by atomic mass is 16.3. The van der Waals surface area contributed by atoms with Crippen LogP contribution < -0.4 is 0 Å². The summed E-state index contributed by atoms with van der Waals surface area (Å²) in [6.45, 7) is 8.02. The van der Waals surface area contributed by atoms with Crippen LogP contribution in [0.1, 0.15) is 34.1 Å². The van der Waals surface area contributed by atoms with Gasteiger partial charge in [0.15, 0.2) is 0 Å². The van der Waals surface area contributed by atoms with E-state index in [1.807, 2.05) is 13.8 Å². The molecule has 0 aromatic rings. The third kappa shape index (κ3) is 2.46. The first-order valence-electron chi connectivity index (χ1n) is 4.25. The lowest BCUT2D eigenvalue weighted by molar-refractivity contribution is -0.0259. The molecule has 0 heterocycles. The number of hydrogen-bond donors (Lipinski definition) is 2. The molecule has 0 aliphatic heterocycles. The van der Waals surface area contributed by atoms with E-state index in [1.165, 1.54) is 0 Å². The fourth-order valence-electron chi connectivity index (χ4n) is 1.09. The molecular weight excluding hydrogens is 140 g/mol. The molecule has 2 nitrogen and oxygen atoms in total.